The molecule has 17 heavy (non-hydrogen) atoms. The van der Waals surface area contributed by atoms with E-state index in [1.54, 1.807) is 12.1 Å². The Balaban J connectivity index is 2.12. The average Bonchev–Trinajstić information content (AvgIpc) is 3.08. The fourth-order valence-electron chi connectivity index (χ4n) is 1.90. The number of hydrogen-bond donors (Lipinski definition) is 2. The molecule has 1 unspecified atom stereocenters. The van der Waals surface area contributed by atoms with E-state index in [4.69, 9.17) is 17.3 Å². The Hall–Kier alpha value is -1.22. The predicted octanol–water partition coefficient (Wildman–Crippen LogP) is 3.22. The minimum atomic E-state index is 0.0661. The fraction of sp³-hybridized carbons (Fsp3) is 0.462. The van der Waals surface area contributed by atoms with E-state index in [1.165, 1.54) is 0 Å². The first-order chi connectivity index (χ1) is 7.99. The van der Waals surface area contributed by atoms with Crippen LogP contribution in [0.5, 0.6) is 0 Å². The highest BCUT2D eigenvalue weighted by atomic mass is 35.5. The number of aryl methyl sites for hydroxylation is 1. The van der Waals surface area contributed by atoms with E-state index < -0.39 is 0 Å². The summed E-state index contributed by atoms with van der Waals surface area (Å²) in [7, 11) is 0. The Labute approximate surface area is 106 Å². The van der Waals surface area contributed by atoms with Crippen molar-refractivity contribution in [3.63, 3.8) is 0 Å². The zero-order valence-corrected chi connectivity index (χ0v) is 10.8. The van der Waals surface area contributed by atoms with Gasteiger partial charge in [0, 0.05) is 11.6 Å². The Morgan fingerprint density at radius 2 is 2.18 bits per heavy atom. The third kappa shape index (κ3) is 2.72. The average molecular weight is 253 g/mol. The van der Waals surface area contributed by atoms with Gasteiger partial charge in [0.05, 0.1) is 10.7 Å². The van der Waals surface area contributed by atoms with Crippen LogP contribution in [0.25, 0.3) is 0 Å². The van der Waals surface area contributed by atoms with E-state index in [0.29, 0.717) is 16.6 Å². The summed E-state index contributed by atoms with van der Waals surface area (Å²) in [6.07, 6.45) is 2.33. The van der Waals surface area contributed by atoms with E-state index in [9.17, 15) is 4.79 Å². The van der Waals surface area contributed by atoms with Crippen LogP contribution in [0.2, 0.25) is 5.02 Å². The summed E-state index contributed by atoms with van der Waals surface area (Å²) in [6, 6.07) is 3.49. The normalized spacial score (nSPS) is 16.6. The van der Waals surface area contributed by atoms with Crippen LogP contribution in [-0.4, -0.2) is 5.91 Å². The molecule has 0 spiro atoms. The largest absolute Gasteiger partial charge is 0.398 e. The molecular formula is C13H17ClN2O. The van der Waals surface area contributed by atoms with Gasteiger partial charge in [-0.1, -0.05) is 18.5 Å². The summed E-state index contributed by atoms with van der Waals surface area (Å²) >= 11 is 5.95. The number of rotatable bonds is 3. The van der Waals surface area contributed by atoms with Gasteiger partial charge in [0.1, 0.15) is 0 Å². The van der Waals surface area contributed by atoms with Crippen LogP contribution in [0, 0.1) is 18.8 Å². The van der Waals surface area contributed by atoms with Crippen molar-refractivity contribution in [2.24, 2.45) is 11.8 Å². The Morgan fingerprint density at radius 3 is 2.76 bits per heavy atom. The van der Waals surface area contributed by atoms with Crippen molar-refractivity contribution >= 4 is 28.9 Å². The van der Waals surface area contributed by atoms with Crippen molar-refractivity contribution in [1.82, 2.24) is 0 Å². The standard InChI is InChI=1S/C13H17ClN2O/c1-7-5-11(15)10(14)6-12(7)16-13(17)8(2)9-3-4-9/h5-6,8-9H,3-4,15H2,1-2H3,(H,16,17). The molecule has 2 rings (SSSR count). The second-order valence-corrected chi connectivity index (χ2v) is 5.21. The molecule has 1 aliphatic rings. The molecule has 1 atom stereocenters. The van der Waals surface area contributed by atoms with Crippen LogP contribution in [0.15, 0.2) is 12.1 Å². The number of halogens is 1. The quantitative estimate of drug-likeness (QED) is 0.812. The first-order valence-electron chi connectivity index (χ1n) is 5.85. The van der Waals surface area contributed by atoms with Gasteiger partial charge in [0.15, 0.2) is 0 Å². The van der Waals surface area contributed by atoms with Crippen molar-refractivity contribution < 1.29 is 4.79 Å². The lowest BCUT2D eigenvalue weighted by atomic mass is 10.1. The number of carbonyl (C=O) groups excluding carboxylic acids is 1. The zero-order valence-electron chi connectivity index (χ0n) is 10.1. The molecule has 0 bridgehead atoms. The molecule has 0 heterocycles. The number of nitrogens with one attached hydrogen (secondary N) is 1. The summed E-state index contributed by atoms with van der Waals surface area (Å²) in [5.74, 6) is 0.696. The molecule has 1 saturated carbocycles. The second kappa shape index (κ2) is 4.57. The number of nitrogens with two attached hydrogens (primary N) is 1. The van der Waals surface area contributed by atoms with Gasteiger partial charge in [0.2, 0.25) is 5.91 Å². The van der Waals surface area contributed by atoms with E-state index in [1.807, 2.05) is 13.8 Å². The number of benzene rings is 1. The van der Waals surface area contributed by atoms with Crippen LogP contribution in [0.4, 0.5) is 11.4 Å². The van der Waals surface area contributed by atoms with Gasteiger partial charge in [-0.2, -0.15) is 0 Å². The molecule has 3 nitrogen and oxygen atoms in total. The molecule has 0 radical (unpaired) electrons. The molecule has 92 valence electrons. The summed E-state index contributed by atoms with van der Waals surface area (Å²) in [6.45, 7) is 3.88. The molecule has 1 aromatic rings. The minimum absolute atomic E-state index is 0.0661. The van der Waals surface area contributed by atoms with Crippen molar-refractivity contribution in [1.29, 1.82) is 0 Å². The smallest absolute Gasteiger partial charge is 0.227 e. The lowest BCUT2D eigenvalue weighted by Gasteiger charge is -2.14. The molecular weight excluding hydrogens is 236 g/mol. The first kappa shape index (κ1) is 12.2. The van der Waals surface area contributed by atoms with Crippen LogP contribution in [0.1, 0.15) is 25.3 Å². The van der Waals surface area contributed by atoms with Crippen molar-refractivity contribution in [2.75, 3.05) is 11.1 Å². The van der Waals surface area contributed by atoms with Crippen LogP contribution in [0.3, 0.4) is 0 Å². The fourth-order valence-corrected chi connectivity index (χ4v) is 2.06. The highest BCUT2D eigenvalue weighted by Crippen LogP contribution is 2.37. The highest BCUT2D eigenvalue weighted by Gasteiger charge is 2.32. The van der Waals surface area contributed by atoms with Crippen molar-refractivity contribution in [3.8, 4) is 0 Å². The molecule has 1 amide bonds. The van der Waals surface area contributed by atoms with E-state index in [-0.39, 0.29) is 11.8 Å². The topological polar surface area (TPSA) is 55.1 Å². The van der Waals surface area contributed by atoms with Gasteiger partial charge in [-0.3, -0.25) is 4.79 Å². The first-order valence-corrected chi connectivity index (χ1v) is 6.23. The Bertz CT molecular complexity index is 455. The molecule has 4 heteroatoms. The molecule has 0 saturated heterocycles. The number of carbonyl (C=O) groups is 1. The van der Waals surface area contributed by atoms with Crippen LogP contribution < -0.4 is 11.1 Å². The van der Waals surface area contributed by atoms with Gasteiger partial charge in [-0.05, 0) is 43.4 Å². The minimum Gasteiger partial charge on any atom is -0.398 e. The molecule has 3 N–H and O–H groups in total. The van der Waals surface area contributed by atoms with Gasteiger partial charge in [0.25, 0.3) is 0 Å². The lowest BCUT2D eigenvalue weighted by Crippen LogP contribution is -2.22. The van der Waals surface area contributed by atoms with Crippen LogP contribution >= 0.6 is 11.6 Å². The summed E-state index contributed by atoms with van der Waals surface area (Å²) in [4.78, 5) is 12.0. The van der Waals surface area contributed by atoms with Gasteiger partial charge < -0.3 is 11.1 Å². The maximum atomic E-state index is 12.0. The van der Waals surface area contributed by atoms with Gasteiger partial charge >= 0.3 is 0 Å². The summed E-state index contributed by atoms with van der Waals surface area (Å²) in [5, 5.41) is 3.40. The monoisotopic (exact) mass is 252 g/mol. The van der Waals surface area contributed by atoms with Crippen molar-refractivity contribution in [2.45, 2.75) is 26.7 Å². The molecule has 0 aromatic heterocycles. The molecule has 1 aromatic carbocycles. The zero-order chi connectivity index (χ0) is 12.6. The van der Waals surface area contributed by atoms with E-state index >= 15 is 0 Å². The highest BCUT2D eigenvalue weighted by molar-refractivity contribution is 6.33. The summed E-state index contributed by atoms with van der Waals surface area (Å²) in [5.41, 5.74) is 7.92. The predicted molar refractivity (Wildman–Crippen MR) is 71.1 cm³/mol. The van der Waals surface area contributed by atoms with E-state index in [2.05, 4.69) is 5.32 Å². The SMILES string of the molecule is Cc1cc(N)c(Cl)cc1NC(=O)C(C)C1CC1. The lowest BCUT2D eigenvalue weighted by molar-refractivity contribution is -0.119. The number of anilines is 2. The number of hydrogen-bond acceptors (Lipinski definition) is 2. The van der Waals surface area contributed by atoms with E-state index in [0.717, 1.165) is 24.1 Å². The number of amides is 1. The second-order valence-electron chi connectivity index (χ2n) is 4.80. The van der Waals surface area contributed by atoms with Crippen molar-refractivity contribution in [3.05, 3.63) is 22.7 Å². The molecule has 1 aliphatic carbocycles. The third-order valence-electron chi connectivity index (χ3n) is 3.34. The number of nitrogen functional groups attached to an aromatic ring is 1. The van der Waals surface area contributed by atoms with Gasteiger partial charge in [-0.25, -0.2) is 0 Å². The molecule has 1 fully saturated rings. The third-order valence-corrected chi connectivity index (χ3v) is 3.67. The van der Waals surface area contributed by atoms with Crippen LogP contribution in [-0.2, 0) is 4.79 Å². The maximum absolute atomic E-state index is 12.0. The maximum Gasteiger partial charge on any atom is 0.227 e. The van der Waals surface area contributed by atoms with Gasteiger partial charge in [-0.15, -0.1) is 0 Å². The summed E-state index contributed by atoms with van der Waals surface area (Å²) < 4.78 is 0. The Kier molecular flexibility index (Phi) is 3.29. The Morgan fingerprint density at radius 1 is 1.53 bits per heavy atom. The molecule has 0 aliphatic heterocycles.